The van der Waals surface area contributed by atoms with E-state index in [-0.39, 0.29) is 5.97 Å². The lowest BCUT2D eigenvalue weighted by Gasteiger charge is -2.37. The zero-order valence-electron chi connectivity index (χ0n) is 16.1. The fourth-order valence-electron chi connectivity index (χ4n) is 4.21. The number of nitrogens with two attached hydrogens (primary N) is 1. The number of rotatable bonds is 3. The molecule has 146 valence electrons. The van der Waals surface area contributed by atoms with Gasteiger partial charge in [0.25, 0.3) is 0 Å². The lowest BCUT2D eigenvalue weighted by molar-refractivity contribution is 0.0224. The highest BCUT2D eigenvalue weighted by molar-refractivity contribution is 5.97. The van der Waals surface area contributed by atoms with Crippen molar-refractivity contribution < 1.29 is 19.0 Å². The molecule has 2 heterocycles. The largest absolute Gasteiger partial charge is 0.494 e. The van der Waals surface area contributed by atoms with Gasteiger partial charge in [-0.1, -0.05) is 18.2 Å². The van der Waals surface area contributed by atoms with Gasteiger partial charge in [-0.05, 0) is 31.2 Å². The second kappa shape index (κ2) is 6.17. The van der Waals surface area contributed by atoms with Crippen molar-refractivity contribution in [2.24, 2.45) is 0 Å². The maximum absolute atomic E-state index is 12.8. The molecular weight excluding hydrogens is 368 g/mol. The molecule has 0 radical (unpaired) electrons. The summed E-state index contributed by atoms with van der Waals surface area (Å²) in [6.45, 7) is 2.81. The maximum Gasteiger partial charge on any atom is 0.340 e. The van der Waals surface area contributed by atoms with Crippen molar-refractivity contribution in [3.8, 4) is 17.2 Å². The van der Waals surface area contributed by atoms with Crippen LogP contribution in [0.1, 0.15) is 34.0 Å². The number of nitrogen functional groups attached to an aromatic ring is 1. The molecular formula is C23H20N2O4. The van der Waals surface area contributed by atoms with Crippen LogP contribution in [0.25, 0.3) is 0 Å². The minimum absolute atomic E-state index is 0.371. The molecule has 3 aromatic carbocycles. The minimum Gasteiger partial charge on any atom is -0.494 e. The monoisotopic (exact) mass is 388 g/mol. The molecule has 0 amide bonds. The standard InChI is InChI=1S/C23H20N2O4/c1-3-25-13-8-9-16-19(10-13)28-20-12-21(27-2)18(24)11-17(20)23(16)15-7-5-4-6-14(15)22(26)29-23/h4-12,25H,3,24H2,1-2H3. The first-order chi connectivity index (χ1) is 14.1. The van der Waals surface area contributed by atoms with Crippen LogP contribution in [0.2, 0.25) is 0 Å². The van der Waals surface area contributed by atoms with E-state index >= 15 is 0 Å². The van der Waals surface area contributed by atoms with Crippen molar-refractivity contribution in [3.63, 3.8) is 0 Å². The van der Waals surface area contributed by atoms with E-state index in [0.29, 0.717) is 34.1 Å². The van der Waals surface area contributed by atoms with Gasteiger partial charge in [0.05, 0.1) is 18.4 Å². The highest BCUT2D eigenvalue weighted by Crippen LogP contribution is 2.57. The van der Waals surface area contributed by atoms with Gasteiger partial charge in [-0.15, -0.1) is 0 Å². The smallest absolute Gasteiger partial charge is 0.340 e. The molecule has 2 aliphatic rings. The third-order valence-corrected chi connectivity index (χ3v) is 5.44. The number of esters is 1. The SMILES string of the molecule is CCNc1ccc2c(c1)Oc1cc(OC)c(N)cc1C21OC(=O)c2ccccc21. The summed E-state index contributed by atoms with van der Waals surface area (Å²) in [7, 11) is 1.55. The first-order valence-electron chi connectivity index (χ1n) is 9.45. The Labute approximate surface area is 168 Å². The Morgan fingerprint density at radius 2 is 1.83 bits per heavy atom. The molecule has 0 saturated carbocycles. The van der Waals surface area contributed by atoms with Crippen LogP contribution < -0.4 is 20.5 Å². The van der Waals surface area contributed by atoms with Crippen molar-refractivity contribution in [2.45, 2.75) is 12.5 Å². The number of nitrogens with one attached hydrogen (secondary N) is 1. The summed E-state index contributed by atoms with van der Waals surface area (Å²) in [4.78, 5) is 12.8. The van der Waals surface area contributed by atoms with Gasteiger partial charge >= 0.3 is 5.97 Å². The van der Waals surface area contributed by atoms with Crippen molar-refractivity contribution >= 4 is 17.3 Å². The molecule has 6 nitrogen and oxygen atoms in total. The Morgan fingerprint density at radius 3 is 2.62 bits per heavy atom. The van der Waals surface area contributed by atoms with Gasteiger partial charge in [0.1, 0.15) is 17.2 Å². The van der Waals surface area contributed by atoms with Gasteiger partial charge in [-0.3, -0.25) is 0 Å². The Hall–Kier alpha value is -3.67. The Kier molecular flexibility index (Phi) is 3.71. The molecule has 5 rings (SSSR count). The van der Waals surface area contributed by atoms with Crippen molar-refractivity contribution in [1.29, 1.82) is 0 Å². The second-order valence-electron chi connectivity index (χ2n) is 7.05. The summed E-state index contributed by atoms with van der Waals surface area (Å²) in [5.74, 6) is 1.29. The first-order valence-corrected chi connectivity index (χ1v) is 9.45. The molecule has 6 heteroatoms. The van der Waals surface area contributed by atoms with E-state index in [0.717, 1.165) is 23.4 Å². The normalized spacial score (nSPS) is 18.3. The van der Waals surface area contributed by atoms with Crippen LogP contribution in [0.3, 0.4) is 0 Å². The van der Waals surface area contributed by atoms with E-state index < -0.39 is 5.60 Å². The fraction of sp³-hybridized carbons (Fsp3) is 0.174. The number of hydrogen-bond acceptors (Lipinski definition) is 6. The molecule has 1 spiro atoms. The molecule has 1 unspecified atom stereocenters. The Bertz CT molecular complexity index is 1160. The van der Waals surface area contributed by atoms with Crippen molar-refractivity contribution in [1.82, 2.24) is 0 Å². The van der Waals surface area contributed by atoms with Gasteiger partial charge in [0.2, 0.25) is 0 Å². The Balaban J connectivity index is 1.84. The zero-order valence-corrected chi connectivity index (χ0v) is 16.1. The van der Waals surface area contributed by atoms with E-state index in [1.807, 2.05) is 43.3 Å². The molecule has 0 fully saturated rings. The summed E-state index contributed by atoms with van der Waals surface area (Å²) < 4.78 is 17.7. The summed E-state index contributed by atoms with van der Waals surface area (Å²) in [5, 5.41) is 3.29. The molecule has 2 aliphatic heterocycles. The van der Waals surface area contributed by atoms with E-state index in [4.69, 9.17) is 19.9 Å². The number of fused-ring (bicyclic) bond motifs is 6. The number of hydrogen-bond donors (Lipinski definition) is 2. The average molecular weight is 388 g/mol. The number of anilines is 2. The van der Waals surface area contributed by atoms with Crippen LogP contribution in [0.4, 0.5) is 11.4 Å². The molecule has 3 N–H and O–H groups in total. The highest BCUT2D eigenvalue weighted by Gasteiger charge is 2.53. The average Bonchev–Trinajstić information content (AvgIpc) is 3.02. The van der Waals surface area contributed by atoms with Crippen LogP contribution >= 0.6 is 0 Å². The number of methoxy groups -OCH3 is 1. The zero-order chi connectivity index (χ0) is 20.2. The molecule has 0 saturated heterocycles. The van der Waals surface area contributed by atoms with Gasteiger partial charge in [-0.2, -0.15) is 0 Å². The third kappa shape index (κ3) is 2.32. The van der Waals surface area contributed by atoms with E-state index in [9.17, 15) is 4.79 Å². The molecule has 3 aromatic rings. The van der Waals surface area contributed by atoms with E-state index in [2.05, 4.69) is 5.32 Å². The lowest BCUT2D eigenvalue weighted by Crippen LogP contribution is -2.33. The lowest BCUT2D eigenvalue weighted by atomic mass is 9.77. The van der Waals surface area contributed by atoms with Crippen molar-refractivity contribution in [3.05, 3.63) is 76.9 Å². The maximum atomic E-state index is 12.8. The van der Waals surface area contributed by atoms with Gasteiger partial charge in [-0.25, -0.2) is 4.79 Å². The number of benzene rings is 3. The molecule has 0 aliphatic carbocycles. The fourth-order valence-corrected chi connectivity index (χ4v) is 4.21. The second-order valence-corrected chi connectivity index (χ2v) is 7.05. The summed E-state index contributed by atoms with van der Waals surface area (Å²) in [6.07, 6.45) is 0. The molecule has 0 aromatic heterocycles. The number of ether oxygens (including phenoxy) is 3. The van der Waals surface area contributed by atoms with Crippen LogP contribution in [0.5, 0.6) is 17.2 Å². The minimum atomic E-state index is -1.12. The predicted molar refractivity (Wildman–Crippen MR) is 110 cm³/mol. The first kappa shape index (κ1) is 17.4. The van der Waals surface area contributed by atoms with Crippen molar-refractivity contribution in [2.75, 3.05) is 24.7 Å². The van der Waals surface area contributed by atoms with Crippen LogP contribution in [0.15, 0.2) is 54.6 Å². The molecule has 1 atom stereocenters. The topological polar surface area (TPSA) is 82.8 Å². The van der Waals surface area contributed by atoms with Gasteiger partial charge < -0.3 is 25.3 Å². The highest BCUT2D eigenvalue weighted by atomic mass is 16.6. The number of carbonyl (C=O) groups is 1. The van der Waals surface area contributed by atoms with Gasteiger partial charge in [0.15, 0.2) is 5.60 Å². The van der Waals surface area contributed by atoms with E-state index in [1.54, 1.807) is 25.3 Å². The van der Waals surface area contributed by atoms with Crippen LogP contribution in [-0.4, -0.2) is 19.6 Å². The van der Waals surface area contributed by atoms with Crippen LogP contribution in [0, 0.1) is 0 Å². The Morgan fingerprint density at radius 1 is 1.03 bits per heavy atom. The van der Waals surface area contributed by atoms with E-state index in [1.165, 1.54) is 0 Å². The quantitative estimate of drug-likeness (QED) is 0.515. The number of carbonyl (C=O) groups excluding carboxylic acids is 1. The summed E-state index contributed by atoms with van der Waals surface area (Å²) >= 11 is 0. The molecule has 29 heavy (non-hydrogen) atoms. The van der Waals surface area contributed by atoms with Gasteiger partial charge in [0, 0.05) is 41.1 Å². The predicted octanol–water partition coefficient (Wildman–Crippen LogP) is 4.28. The third-order valence-electron chi connectivity index (χ3n) is 5.44. The summed E-state index contributed by atoms with van der Waals surface area (Å²) in [6, 6.07) is 16.7. The summed E-state index contributed by atoms with van der Waals surface area (Å²) in [5.41, 5.74) is 9.21. The van der Waals surface area contributed by atoms with Crippen LogP contribution in [-0.2, 0) is 10.3 Å². The molecule has 0 bridgehead atoms.